The smallest absolute Gasteiger partial charge is 0.414 e. The van der Waals surface area contributed by atoms with Gasteiger partial charge in [0.2, 0.25) is 5.84 Å². The van der Waals surface area contributed by atoms with E-state index in [4.69, 9.17) is 0 Å². The van der Waals surface area contributed by atoms with Crippen LogP contribution in [0.1, 0.15) is 5.56 Å². The Bertz CT molecular complexity index is 1060. The molecule has 0 aliphatic carbocycles. The molecule has 0 bridgehead atoms. The van der Waals surface area contributed by atoms with Crippen molar-refractivity contribution in [3.05, 3.63) is 72.3 Å². The van der Waals surface area contributed by atoms with Gasteiger partial charge in [-0.15, -0.1) is 0 Å². The van der Waals surface area contributed by atoms with E-state index in [2.05, 4.69) is 4.99 Å². The molecule has 0 saturated carbocycles. The van der Waals surface area contributed by atoms with Gasteiger partial charge in [0.1, 0.15) is 0 Å². The Morgan fingerprint density at radius 2 is 1.67 bits per heavy atom. The predicted octanol–water partition coefficient (Wildman–Crippen LogP) is 3.93. The van der Waals surface area contributed by atoms with Crippen LogP contribution in [0.15, 0.2) is 71.7 Å². The first kappa shape index (κ1) is 13.4. The zero-order valence-corrected chi connectivity index (χ0v) is 12.6. The van der Waals surface area contributed by atoms with E-state index in [0.29, 0.717) is 11.2 Å². The number of rotatable bonds is 0. The number of halogens is 2. The zero-order chi connectivity index (χ0) is 16.3. The molecule has 2 aliphatic rings. The molecule has 0 amide bonds. The molecule has 3 aromatic rings. The third kappa shape index (κ3) is 1.65. The molecule has 24 heavy (non-hydrogen) atoms. The fraction of sp³-hybridized carbons (Fsp3) is 0. The van der Waals surface area contributed by atoms with Crippen molar-refractivity contribution in [2.45, 2.75) is 0 Å². The summed E-state index contributed by atoms with van der Waals surface area (Å²) < 4.78 is 32.2. The van der Waals surface area contributed by atoms with E-state index in [9.17, 15) is 0 Å². The van der Waals surface area contributed by atoms with Gasteiger partial charge in [-0.3, -0.25) is 0 Å². The number of aliphatic imine (C=N–C) groups is 1. The normalized spacial score (nSPS) is 17.1. The van der Waals surface area contributed by atoms with Crippen LogP contribution in [-0.2, 0) is 0 Å². The van der Waals surface area contributed by atoms with Crippen LogP contribution in [-0.4, -0.2) is 12.8 Å². The van der Waals surface area contributed by atoms with Crippen LogP contribution in [0.3, 0.4) is 0 Å². The first-order valence-corrected chi connectivity index (χ1v) is 7.77. The number of pyridine rings is 1. The van der Waals surface area contributed by atoms with Gasteiger partial charge in [0.15, 0.2) is 0 Å². The Morgan fingerprint density at radius 3 is 2.58 bits per heavy atom. The molecule has 5 rings (SSSR count). The lowest BCUT2D eigenvalue weighted by Crippen LogP contribution is -2.73. The number of aromatic nitrogens is 1. The third-order valence-corrected chi connectivity index (χ3v) is 4.56. The topological polar surface area (TPSA) is 19.5 Å². The molecule has 0 unspecified atom stereocenters. The average Bonchev–Trinajstić information content (AvgIpc) is 2.60. The molecular formula is C18H12BF2N3. The van der Waals surface area contributed by atoms with E-state index < -0.39 is 6.97 Å². The number of para-hydroxylation sites is 2. The number of benzene rings is 2. The van der Waals surface area contributed by atoms with Gasteiger partial charge in [-0.05, 0) is 34.8 Å². The third-order valence-electron chi connectivity index (χ3n) is 4.56. The van der Waals surface area contributed by atoms with Crippen molar-refractivity contribution in [3.63, 3.8) is 0 Å². The van der Waals surface area contributed by atoms with E-state index >= 15 is 8.63 Å². The van der Waals surface area contributed by atoms with Crippen molar-refractivity contribution in [1.82, 2.24) is 0 Å². The maximum absolute atomic E-state index is 15.6. The van der Waals surface area contributed by atoms with E-state index in [1.54, 1.807) is 36.4 Å². The van der Waals surface area contributed by atoms with Crippen LogP contribution in [0.2, 0.25) is 0 Å². The van der Waals surface area contributed by atoms with Crippen LogP contribution < -0.4 is 9.29 Å². The highest BCUT2D eigenvalue weighted by Crippen LogP contribution is 2.35. The molecule has 3 heterocycles. The molecule has 6 heteroatoms. The average molecular weight is 319 g/mol. The summed E-state index contributed by atoms with van der Waals surface area (Å²) >= 11 is 0. The van der Waals surface area contributed by atoms with Crippen LogP contribution >= 0.6 is 0 Å². The summed E-state index contributed by atoms with van der Waals surface area (Å²) in [5.74, 6) is 0.544. The lowest BCUT2D eigenvalue weighted by molar-refractivity contribution is -0.524. The highest BCUT2D eigenvalue weighted by Gasteiger charge is 2.51. The van der Waals surface area contributed by atoms with Crippen molar-refractivity contribution in [1.29, 1.82) is 0 Å². The Labute approximate surface area is 137 Å². The lowest BCUT2D eigenvalue weighted by atomic mass is 9.86. The van der Waals surface area contributed by atoms with Crippen molar-refractivity contribution in [2.24, 2.45) is 4.99 Å². The molecule has 0 N–H and O–H groups in total. The quantitative estimate of drug-likeness (QED) is 0.575. The second-order valence-corrected chi connectivity index (χ2v) is 5.94. The molecule has 0 spiro atoms. The van der Waals surface area contributed by atoms with Gasteiger partial charge in [-0.1, -0.05) is 36.4 Å². The monoisotopic (exact) mass is 319 g/mol. The Hall–Kier alpha value is -3.02. The highest BCUT2D eigenvalue weighted by atomic mass is 19.2. The van der Waals surface area contributed by atoms with Crippen molar-refractivity contribution < 1.29 is 13.1 Å². The minimum absolute atomic E-state index is 0.272. The summed E-state index contributed by atoms with van der Waals surface area (Å²) in [6.45, 7) is -4.05. The SMILES string of the molecule is F[B-]1(F)N2C(=Nc3ccc4ccccc4[n+]31)C=Cc1ccccc12. The summed E-state index contributed by atoms with van der Waals surface area (Å²) in [5.41, 5.74) is 1.73. The fourth-order valence-corrected chi connectivity index (χ4v) is 3.50. The second kappa shape index (κ2) is 4.51. The van der Waals surface area contributed by atoms with Crippen LogP contribution in [0.4, 0.5) is 20.1 Å². The molecule has 1 aromatic heterocycles. The van der Waals surface area contributed by atoms with Crippen molar-refractivity contribution in [3.8, 4) is 0 Å². The number of hydrogen-bond donors (Lipinski definition) is 0. The number of amidine groups is 1. The highest BCUT2D eigenvalue weighted by molar-refractivity contribution is 6.69. The summed E-state index contributed by atoms with van der Waals surface area (Å²) in [7, 11) is 0. The standard InChI is InChI=1S/C18H12BF2N3/c20-19(21)23-15-7-3-1-5-13(15)9-11-17(23)22-18-12-10-14-6-2-4-8-16(14)24(18)19/h1-12H. The Kier molecular flexibility index (Phi) is 2.52. The van der Waals surface area contributed by atoms with E-state index in [1.165, 1.54) is 0 Å². The minimum atomic E-state index is -4.05. The second-order valence-electron chi connectivity index (χ2n) is 5.94. The van der Waals surface area contributed by atoms with Gasteiger partial charge in [0, 0.05) is 23.2 Å². The maximum atomic E-state index is 15.6. The molecule has 0 atom stereocenters. The van der Waals surface area contributed by atoms with E-state index in [1.807, 2.05) is 36.4 Å². The first-order chi connectivity index (χ1) is 11.7. The summed E-state index contributed by atoms with van der Waals surface area (Å²) in [6.07, 6.45) is 3.48. The number of nitrogens with zero attached hydrogens (tertiary/aromatic N) is 3. The predicted molar refractivity (Wildman–Crippen MR) is 92.6 cm³/mol. The minimum Gasteiger partial charge on any atom is -0.414 e. The summed E-state index contributed by atoms with van der Waals surface area (Å²) in [4.78, 5) is 5.53. The van der Waals surface area contributed by atoms with Gasteiger partial charge in [0.05, 0.1) is 5.52 Å². The van der Waals surface area contributed by atoms with Crippen molar-refractivity contribution >= 4 is 41.3 Å². The van der Waals surface area contributed by atoms with Gasteiger partial charge in [0.25, 0.3) is 5.82 Å². The Balaban J connectivity index is 1.87. The number of fused-ring (bicyclic) bond motifs is 6. The fourth-order valence-electron chi connectivity index (χ4n) is 3.50. The molecule has 2 aliphatic heterocycles. The molecule has 0 radical (unpaired) electrons. The van der Waals surface area contributed by atoms with Gasteiger partial charge < -0.3 is 17.9 Å². The summed E-state index contributed by atoms with van der Waals surface area (Å²) in [6, 6.07) is 17.8. The zero-order valence-electron chi connectivity index (χ0n) is 12.6. The largest absolute Gasteiger partial charge is 0.642 e. The lowest BCUT2D eigenvalue weighted by Gasteiger charge is -2.41. The van der Waals surface area contributed by atoms with Crippen LogP contribution in [0.5, 0.6) is 0 Å². The first-order valence-electron chi connectivity index (χ1n) is 7.77. The molecule has 116 valence electrons. The van der Waals surface area contributed by atoms with Gasteiger partial charge >= 0.3 is 6.97 Å². The van der Waals surface area contributed by atoms with Gasteiger partial charge in [-0.2, -0.15) is 0 Å². The molecule has 0 saturated heterocycles. The number of anilines is 1. The van der Waals surface area contributed by atoms with Gasteiger partial charge in [-0.25, -0.2) is 0 Å². The Morgan fingerprint density at radius 1 is 0.875 bits per heavy atom. The van der Waals surface area contributed by atoms with Crippen LogP contribution in [0, 0.1) is 0 Å². The molecule has 0 fully saturated rings. The van der Waals surface area contributed by atoms with E-state index in [-0.39, 0.29) is 11.7 Å². The van der Waals surface area contributed by atoms with E-state index in [0.717, 1.165) is 20.2 Å². The molecule has 2 aromatic carbocycles. The summed E-state index contributed by atoms with van der Waals surface area (Å²) in [5, 5.41) is 0.766. The molecular weight excluding hydrogens is 307 g/mol. The molecule has 3 nitrogen and oxygen atoms in total. The maximum Gasteiger partial charge on any atom is 0.642 e. The number of hydrogen-bond acceptors (Lipinski definition) is 2. The van der Waals surface area contributed by atoms with Crippen LogP contribution in [0.25, 0.3) is 17.0 Å². The van der Waals surface area contributed by atoms with Crippen molar-refractivity contribution in [2.75, 3.05) is 4.81 Å².